The maximum Gasteiger partial charge on any atom is 0.128 e. The molecule has 0 saturated heterocycles. The average Bonchev–Trinajstić information content (AvgIpc) is 3.26. The van der Waals surface area contributed by atoms with Crippen molar-refractivity contribution in [3.8, 4) is 56.3 Å². The molecule has 7 aromatic carbocycles. The van der Waals surface area contributed by atoms with Crippen molar-refractivity contribution in [2.45, 2.75) is 6.92 Å². The van der Waals surface area contributed by atoms with Gasteiger partial charge in [0, 0.05) is 31.8 Å². The van der Waals surface area contributed by atoms with Crippen molar-refractivity contribution in [2.75, 3.05) is 4.90 Å². The summed E-state index contributed by atoms with van der Waals surface area (Å²) in [5.74, 6) is 1.51. The Hall–Kier alpha value is -6.07. The second-order valence-corrected chi connectivity index (χ2v) is 15.5. The lowest BCUT2D eigenvalue weighted by atomic mass is 9.97. The number of hydrogen-bond donors (Lipinski definition) is 0. The Morgan fingerprint density at radius 2 is 1.02 bits per heavy atom. The van der Waals surface area contributed by atoms with Crippen LogP contribution in [0.5, 0.6) is 11.5 Å². The molecule has 1 heterocycles. The van der Waals surface area contributed by atoms with Crippen molar-refractivity contribution in [3.05, 3.63) is 228 Å². The van der Waals surface area contributed by atoms with Gasteiger partial charge in [-0.3, -0.25) is 0 Å². The number of hydrogen-bond acceptors (Lipinski definition) is 3. The van der Waals surface area contributed by atoms with Crippen LogP contribution in [0.25, 0.3) is 44.8 Å². The van der Waals surface area contributed by atoms with Crippen LogP contribution >= 0.6 is 31.8 Å². The Morgan fingerprint density at radius 3 is 1.61 bits per heavy atom. The predicted molar refractivity (Wildman–Crippen MR) is 254 cm³/mol. The molecule has 0 amide bonds. The van der Waals surface area contributed by atoms with Gasteiger partial charge in [0.25, 0.3) is 0 Å². The van der Waals surface area contributed by atoms with Crippen molar-refractivity contribution in [1.29, 1.82) is 0 Å². The van der Waals surface area contributed by atoms with Gasteiger partial charge in [0.2, 0.25) is 0 Å². The topological polar surface area (TPSA) is 25.4 Å². The quantitative estimate of drug-likeness (QED) is 0.0778. The molecule has 0 saturated carbocycles. The van der Waals surface area contributed by atoms with Crippen LogP contribution in [0, 0.1) is 3.57 Å². The SMILES string of the molecule is C=C/C=C(\C)P.Ic1cccc(N(c2ccccc2)c2ccc(Oc3cccc(-c4cc(-c5ccc(-c6ccccc6)cc5)cc(-c5ccccc5)n4)c3)cc2)c1. The zero-order valence-corrected chi connectivity index (χ0v) is 35.0. The lowest BCUT2D eigenvalue weighted by Crippen LogP contribution is -2.09. The molecule has 8 rings (SSSR count). The van der Waals surface area contributed by atoms with Gasteiger partial charge in [-0.1, -0.05) is 145 Å². The zero-order valence-electron chi connectivity index (χ0n) is 31.7. The van der Waals surface area contributed by atoms with E-state index in [1.165, 1.54) is 20.0 Å². The number of para-hydroxylation sites is 1. The monoisotopic (exact) mass is 868 g/mol. The van der Waals surface area contributed by atoms with Gasteiger partial charge in [-0.25, -0.2) is 4.98 Å². The highest BCUT2D eigenvalue weighted by molar-refractivity contribution is 14.1. The lowest BCUT2D eigenvalue weighted by Gasteiger charge is -2.25. The van der Waals surface area contributed by atoms with Crippen LogP contribution in [-0.2, 0) is 0 Å². The van der Waals surface area contributed by atoms with Crippen LogP contribution in [-0.4, -0.2) is 4.98 Å². The van der Waals surface area contributed by atoms with E-state index in [-0.39, 0.29) is 0 Å². The fraction of sp³-hybridized carbons (Fsp3) is 0.0192. The molecule has 57 heavy (non-hydrogen) atoms. The van der Waals surface area contributed by atoms with Gasteiger partial charge in [-0.2, -0.15) is 0 Å². The first kappa shape index (κ1) is 39.2. The Labute approximate surface area is 352 Å². The number of nitrogens with zero attached hydrogens (tertiary/aromatic N) is 2. The molecule has 0 fully saturated rings. The molecule has 0 aliphatic heterocycles. The number of ether oxygens (including phenoxy) is 1. The summed E-state index contributed by atoms with van der Waals surface area (Å²) in [4.78, 5) is 7.40. The summed E-state index contributed by atoms with van der Waals surface area (Å²) in [6.45, 7) is 5.52. The first-order valence-corrected chi connectivity index (χ1v) is 20.4. The summed E-state index contributed by atoms with van der Waals surface area (Å²) in [5, 5.41) is 1.21. The van der Waals surface area contributed by atoms with Gasteiger partial charge in [-0.05, 0) is 131 Å². The first-order valence-electron chi connectivity index (χ1n) is 18.7. The lowest BCUT2D eigenvalue weighted by molar-refractivity contribution is 0.483. The molecular formula is C52H42IN2OP. The van der Waals surface area contributed by atoms with Gasteiger partial charge in [-0.15, -0.1) is 9.24 Å². The highest BCUT2D eigenvalue weighted by Crippen LogP contribution is 2.37. The van der Waals surface area contributed by atoms with Crippen molar-refractivity contribution in [1.82, 2.24) is 4.98 Å². The molecule has 1 unspecified atom stereocenters. The van der Waals surface area contributed by atoms with Crippen LogP contribution in [0.15, 0.2) is 224 Å². The summed E-state index contributed by atoms with van der Waals surface area (Å²) >= 11 is 2.36. The van der Waals surface area contributed by atoms with E-state index in [4.69, 9.17) is 9.72 Å². The van der Waals surface area contributed by atoms with Crippen molar-refractivity contribution in [2.24, 2.45) is 0 Å². The van der Waals surface area contributed by atoms with E-state index in [1.807, 2.05) is 55.5 Å². The second kappa shape index (κ2) is 19.2. The Bertz CT molecular complexity index is 2570. The summed E-state index contributed by atoms with van der Waals surface area (Å²) in [6.07, 6.45) is 3.70. The van der Waals surface area contributed by atoms with Crippen LogP contribution in [0.4, 0.5) is 17.1 Å². The Kier molecular flexibility index (Phi) is 13.2. The maximum atomic E-state index is 6.44. The molecule has 0 radical (unpaired) electrons. The highest BCUT2D eigenvalue weighted by Gasteiger charge is 2.14. The summed E-state index contributed by atoms with van der Waals surface area (Å²) in [5.41, 5.74) is 11.8. The third-order valence-corrected chi connectivity index (χ3v) is 10.0. The van der Waals surface area contributed by atoms with E-state index in [0.29, 0.717) is 0 Å². The smallest absolute Gasteiger partial charge is 0.128 e. The molecule has 0 N–H and O–H groups in total. The minimum atomic E-state index is 0.749. The third-order valence-electron chi connectivity index (χ3n) is 9.14. The van der Waals surface area contributed by atoms with Crippen molar-refractivity contribution < 1.29 is 4.74 Å². The minimum absolute atomic E-state index is 0.749. The molecule has 3 nitrogen and oxygen atoms in total. The first-order chi connectivity index (χ1) is 27.9. The van der Waals surface area contributed by atoms with E-state index < -0.39 is 0 Å². The Balaban J connectivity index is 0.000000769. The van der Waals surface area contributed by atoms with E-state index in [9.17, 15) is 0 Å². The minimum Gasteiger partial charge on any atom is -0.457 e. The predicted octanol–water partition coefficient (Wildman–Crippen LogP) is 15.6. The number of benzene rings is 7. The summed E-state index contributed by atoms with van der Waals surface area (Å²) in [7, 11) is 2.57. The van der Waals surface area contributed by atoms with Crippen LogP contribution in [0.3, 0.4) is 0 Å². The largest absolute Gasteiger partial charge is 0.457 e. The second-order valence-electron chi connectivity index (χ2n) is 13.4. The summed E-state index contributed by atoms with van der Waals surface area (Å²) < 4.78 is 7.63. The number of allylic oxidation sites excluding steroid dienone is 3. The van der Waals surface area contributed by atoms with Gasteiger partial charge >= 0.3 is 0 Å². The van der Waals surface area contributed by atoms with E-state index >= 15 is 0 Å². The number of halogens is 1. The van der Waals surface area contributed by atoms with Gasteiger partial charge in [0.15, 0.2) is 0 Å². The standard InChI is InChI=1S/C47H33IN2O.C5H9P/c48-40-17-11-20-43(33-40)50(41-18-8-3-9-19-41)42-26-28-44(29-27-42)51-45-21-10-16-38(30-45)47-32-39(31-46(49-47)37-14-6-2-7-15-37)36-24-22-35(23-25-36)34-12-4-1-5-13-34;1-3-4-5(2)6/h1-33H;3-4H,1,6H2,2H3/b;5-4+. The molecule has 1 aromatic heterocycles. The van der Waals surface area contributed by atoms with E-state index in [0.717, 1.165) is 62.2 Å². The number of aromatic nitrogens is 1. The summed E-state index contributed by atoms with van der Waals surface area (Å²) in [6, 6.07) is 69.3. The third kappa shape index (κ3) is 10.4. The molecule has 278 valence electrons. The normalized spacial score (nSPS) is 10.9. The van der Waals surface area contributed by atoms with Gasteiger partial charge in [0.1, 0.15) is 11.5 Å². The molecule has 5 heteroatoms. The zero-order chi connectivity index (χ0) is 39.4. The molecule has 0 aliphatic rings. The van der Waals surface area contributed by atoms with Crippen LogP contribution < -0.4 is 9.64 Å². The van der Waals surface area contributed by atoms with Gasteiger partial charge in [0.05, 0.1) is 11.4 Å². The molecule has 0 aliphatic carbocycles. The molecule has 8 aromatic rings. The fourth-order valence-electron chi connectivity index (χ4n) is 6.43. The van der Waals surface area contributed by atoms with Crippen LogP contribution in [0.1, 0.15) is 6.92 Å². The fourth-order valence-corrected chi connectivity index (χ4v) is 7.09. The van der Waals surface area contributed by atoms with Crippen LogP contribution in [0.2, 0.25) is 0 Å². The number of pyridine rings is 1. The maximum absolute atomic E-state index is 6.44. The van der Waals surface area contributed by atoms with Crippen molar-refractivity contribution in [3.63, 3.8) is 0 Å². The average molecular weight is 869 g/mol. The molecule has 1 atom stereocenters. The van der Waals surface area contributed by atoms with E-state index in [2.05, 4.69) is 201 Å². The Morgan fingerprint density at radius 1 is 0.509 bits per heavy atom. The number of rotatable bonds is 10. The van der Waals surface area contributed by atoms with Gasteiger partial charge < -0.3 is 9.64 Å². The highest BCUT2D eigenvalue weighted by atomic mass is 127. The van der Waals surface area contributed by atoms with E-state index in [1.54, 1.807) is 6.08 Å². The molecule has 0 spiro atoms. The molecule has 0 bridgehead atoms. The van der Waals surface area contributed by atoms with Crippen molar-refractivity contribution >= 4 is 48.9 Å². The molecular weight excluding hydrogens is 826 g/mol. The number of anilines is 3.